The lowest BCUT2D eigenvalue weighted by atomic mass is 9.76. The zero-order valence-electron chi connectivity index (χ0n) is 12.0. The van der Waals surface area contributed by atoms with Crippen LogP contribution < -0.4 is 11.1 Å². The van der Waals surface area contributed by atoms with Crippen LogP contribution in [0.5, 0.6) is 0 Å². The highest BCUT2D eigenvalue weighted by Gasteiger charge is 2.40. The molecule has 6 heteroatoms. The maximum atomic E-state index is 12.4. The summed E-state index contributed by atoms with van der Waals surface area (Å²) in [5, 5.41) is 15.6. The highest BCUT2D eigenvalue weighted by atomic mass is 35.5. The highest BCUT2D eigenvalue weighted by molar-refractivity contribution is 6.31. The smallest absolute Gasteiger partial charge is 0.252 e. The van der Waals surface area contributed by atoms with Gasteiger partial charge in [-0.1, -0.05) is 29.7 Å². The quantitative estimate of drug-likeness (QED) is 0.347. The number of nitrogens with one attached hydrogen (secondary N) is 1. The third kappa shape index (κ3) is 3.47. The van der Waals surface area contributed by atoms with Gasteiger partial charge in [0.15, 0.2) is 5.84 Å². The second-order valence-corrected chi connectivity index (χ2v) is 6.15. The van der Waals surface area contributed by atoms with Crippen molar-refractivity contribution in [2.75, 3.05) is 0 Å². The minimum absolute atomic E-state index is 0.0600. The van der Waals surface area contributed by atoms with Crippen molar-refractivity contribution in [3.8, 4) is 0 Å². The Balaban J connectivity index is 2.21. The van der Waals surface area contributed by atoms with Crippen LogP contribution in [0.1, 0.15) is 43.0 Å². The highest BCUT2D eigenvalue weighted by Crippen LogP contribution is 2.32. The maximum Gasteiger partial charge on any atom is 0.252 e. The van der Waals surface area contributed by atoms with Gasteiger partial charge in [-0.15, -0.1) is 0 Å². The predicted molar refractivity (Wildman–Crippen MR) is 82.7 cm³/mol. The summed E-state index contributed by atoms with van der Waals surface area (Å²) in [6.45, 7) is 2.16. The van der Waals surface area contributed by atoms with E-state index in [9.17, 15) is 4.79 Å². The molecule has 0 spiro atoms. The molecule has 0 atom stereocenters. The van der Waals surface area contributed by atoms with Crippen molar-refractivity contribution in [1.29, 1.82) is 0 Å². The molecule has 2 rings (SSSR count). The van der Waals surface area contributed by atoms with Crippen LogP contribution in [0.25, 0.3) is 0 Å². The molecule has 1 fully saturated rings. The van der Waals surface area contributed by atoms with E-state index in [1.807, 2.05) is 0 Å². The number of amides is 1. The number of halogens is 1. The molecule has 0 heterocycles. The number of oxime groups is 1. The second kappa shape index (κ2) is 6.35. The average Bonchev–Trinajstić information content (AvgIpc) is 2.49. The summed E-state index contributed by atoms with van der Waals surface area (Å²) in [4.78, 5) is 12.4. The van der Waals surface area contributed by atoms with E-state index in [4.69, 9.17) is 22.5 Å². The van der Waals surface area contributed by atoms with Gasteiger partial charge < -0.3 is 16.3 Å². The van der Waals surface area contributed by atoms with E-state index in [-0.39, 0.29) is 11.7 Å². The van der Waals surface area contributed by atoms with Crippen molar-refractivity contribution in [3.63, 3.8) is 0 Å². The molecule has 0 aliphatic heterocycles. The third-order valence-electron chi connectivity index (χ3n) is 4.17. The average molecular weight is 310 g/mol. The van der Waals surface area contributed by atoms with Gasteiger partial charge in [0.2, 0.25) is 0 Å². The number of hydrogen-bond donors (Lipinski definition) is 3. The fourth-order valence-electron chi connectivity index (χ4n) is 2.72. The summed E-state index contributed by atoms with van der Waals surface area (Å²) in [5.74, 6) is 0.371. The van der Waals surface area contributed by atoms with E-state index in [1.165, 1.54) is 0 Å². The first-order valence-electron chi connectivity index (χ1n) is 7.03. The van der Waals surface area contributed by atoms with E-state index in [0.717, 1.165) is 12.8 Å². The summed E-state index contributed by atoms with van der Waals surface area (Å²) in [7, 11) is 0. The molecule has 1 saturated carbocycles. The Hall–Kier alpha value is -1.75. The lowest BCUT2D eigenvalue weighted by molar-refractivity contribution is 0.0897. The van der Waals surface area contributed by atoms with Crippen LogP contribution in [0.4, 0.5) is 0 Å². The van der Waals surface area contributed by atoms with Crippen molar-refractivity contribution >= 4 is 23.3 Å². The minimum atomic E-state index is -0.777. The van der Waals surface area contributed by atoms with Crippen LogP contribution in [0, 0.1) is 5.92 Å². The SMILES string of the molecule is CC1CCC(NC(=O)c2cccc(Cl)c2)(/C(N)=N/O)CC1. The Morgan fingerprint density at radius 1 is 1.48 bits per heavy atom. The van der Waals surface area contributed by atoms with Gasteiger partial charge in [-0.25, -0.2) is 0 Å². The first kappa shape index (κ1) is 15.6. The maximum absolute atomic E-state index is 12.4. The topological polar surface area (TPSA) is 87.7 Å². The van der Waals surface area contributed by atoms with E-state index in [1.54, 1.807) is 24.3 Å². The van der Waals surface area contributed by atoms with Crippen LogP contribution in [-0.4, -0.2) is 22.5 Å². The van der Waals surface area contributed by atoms with Gasteiger partial charge in [0.05, 0.1) is 0 Å². The lowest BCUT2D eigenvalue weighted by Gasteiger charge is -2.39. The Morgan fingerprint density at radius 3 is 2.71 bits per heavy atom. The molecule has 5 nitrogen and oxygen atoms in total. The van der Waals surface area contributed by atoms with Crippen molar-refractivity contribution in [2.45, 2.75) is 38.1 Å². The van der Waals surface area contributed by atoms with Crippen molar-refractivity contribution < 1.29 is 10.0 Å². The molecule has 4 N–H and O–H groups in total. The first-order chi connectivity index (χ1) is 9.97. The minimum Gasteiger partial charge on any atom is -0.409 e. The van der Waals surface area contributed by atoms with Gasteiger partial charge in [0, 0.05) is 10.6 Å². The molecular weight excluding hydrogens is 290 g/mol. The van der Waals surface area contributed by atoms with Crippen LogP contribution in [0.15, 0.2) is 29.4 Å². The summed E-state index contributed by atoms with van der Waals surface area (Å²) < 4.78 is 0. The van der Waals surface area contributed by atoms with Gasteiger partial charge in [0.1, 0.15) is 5.54 Å². The normalized spacial score (nSPS) is 26.4. The standard InChI is InChI=1S/C15H20ClN3O2/c1-10-5-7-15(8-6-10,14(17)19-21)18-13(20)11-3-2-4-12(16)9-11/h2-4,9-10,21H,5-8H2,1H3,(H2,17,19)(H,18,20). The summed E-state index contributed by atoms with van der Waals surface area (Å²) in [6.07, 6.45) is 3.17. The van der Waals surface area contributed by atoms with E-state index >= 15 is 0 Å². The number of nitrogens with zero attached hydrogens (tertiary/aromatic N) is 1. The molecule has 1 aliphatic carbocycles. The van der Waals surface area contributed by atoms with Gasteiger partial charge in [-0.05, 0) is 49.8 Å². The molecule has 0 radical (unpaired) electrons. The number of benzene rings is 1. The van der Waals surface area contributed by atoms with Crippen molar-refractivity contribution in [1.82, 2.24) is 5.32 Å². The van der Waals surface area contributed by atoms with Crippen LogP contribution in [0.3, 0.4) is 0 Å². The van der Waals surface area contributed by atoms with E-state index in [0.29, 0.717) is 29.3 Å². The Bertz CT molecular complexity index is 552. The molecule has 1 aliphatic rings. The molecule has 0 saturated heterocycles. The van der Waals surface area contributed by atoms with Crippen LogP contribution >= 0.6 is 11.6 Å². The van der Waals surface area contributed by atoms with Crippen molar-refractivity contribution in [3.05, 3.63) is 34.9 Å². The summed E-state index contributed by atoms with van der Waals surface area (Å²) >= 11 is 5.91. The van der Waals surface area contributed by atoms with Gasteiger partial charge in [-0.3, -0.25) is 4.79 Å². The zero-order chi connectivity index (χ0) is 15.5. The fourth-order valence-corrected chi connectivity index (χ4v) is 2.91. The molecule has 1 aromatic carbocycles. The van der Waals surface area contributed by atoms with Crippen LogP contribution in [0.2, 0.25) is 5.02 Å². The molecule has 0 unspecified atom stereocenters. The Labute approximate surface area is 129 Å². The van der Waals surface area contributed by atoms with E-state index in [2.05, 4.69) is 17.4 Å². The second-order valence-electron chi connectivity index (χ2n) is 5.71. The van der Waals surface area contributed by atoms with Crippen LogP contribution in [-0.2, 0) is 0 Å². The van der Waals surface area contributed by atoms with Gasteiger partial charge >= 0.3 is 0 Å². The van der Waals surface area contributed by atoms with Gasteiger partial charge in [-0.2, -0.15) is 0 Å². The van der Waals surface area contributed by atoms with E-state index < -0.39 is 5.54 Å². The lowest BCUT2D eigenvalue weighted by Crippen LogP contribution is -2.59. The van der Waals surface area contributed by atoms with Crippen molar-refractivity contribution in [2.24, 2.45) is 16.8 Å². The first-order valence-corrected chi connectivity index (χ1v) is 7.41. The monoisotopic (exact) mass is 309 g/mol. The molecule has 1 aromatic rings. The Morgan fingerprint density at radius 2 is 2.14 bits per heavy atom. The summed E-state index contributed by atoms with van der Waals surface area (Å²) in [6, 6.07) is 6.71. The number of carbonyl (C=O) groups excluding carboxylic acids is 1. The molecule has 114 valence electrons. The number of nitrogens with two attached hydrogens (primary N) is 1. The number of rotatable bonds is 3. The molecule has 21 heavy (non-hydrogen) atoms. The third-order valence-corrected chi connectivity index (χ3v) is 4.40. The number of amidine groups is 1. The molecule has 0 aromatic heterocycles. The number of hydrogen-bond acceptors (Lipinski definition) is 3. The fraction of sp³-hybridized carbons (Fsp3) is 0.467. The predicted octanol–water partition coefficient (Wildman–Crippen LogP) is 2.77. The Kier molecular flexibility index (Phi) is 4.73. The van der Waals surface area contributed by atoms with Gasteiger partial charge in [0.25, 0.3) is 5.91 Å². The molecular formula is C15H20ClN3O2. The summed E-state index contributed by atoms with van der Waals surface area (Å²) in [5.41, 5.74) is 5.53. The largest absolute Gasteiger partial charge is 0.409 e. The molecule has 0 bridgehead atoms. The molecule has 1 amide bonds. The zero-order valence-corrected chi connectivity index (χ0v) is 12.7. The number of carbonyl (C=O) groups is 1.